The van der Waals surface area contributed by atoms with Gasteiger partial charge in [-0.3, -0.25) is 9.69 Å². The van der Waals surface area contributed by atoms with Crippen LogP contribution in [0.2, 0.25) is 0 Å². The van der Waals surface area contributed by atoms with Crippen molar-refractivity contribution in [2.75, 3.05) is 33.7 Å². The summed E-state index contributed by atoms with van der Waals surface area (Å²) in [4.78, 5) is 30.6. The van der Waals surface area contributed by atoms with Crippen LogP contribution < -0.4 is 5.73 Å². The van der Waals surface area contributed by atoms with E-state index in [1.54, 1.807) is 4.90 Å². The van der Waals surface area contributed by atoms with Gasteiger partial charge in [0.05, 0.1) is 11.1 Å². The van der Waals surface area contributed by atoms with E-state index in [4.69, 9.17) is 5.73 Å². The molecule has 3 amide bonds. The number of amides is 3. The lowest BCUT2D eigenvalue weighted by molar-refractivity contribution is -0.118. The molecular weight excluding hydrogens is 340 g/mol. The minimum atomic E-state index is -0.440. The normalized spacial score (nSPS) is 30.7. The minimum Gasteiger partial charge on any atom is -0.368 e. The van der Waals surface area contributed by atoms with Crippen LogP contribution in [0.15, 0.2) is 30.3 Å². The second kappa shape index (κ2) is 6.51. The summed E-state index contributed by atoms with van der Waals surface area (Å²) in [5.41, 5.74) is 6.44. The van der Waals surface area contributed by atoms with Gasteiger partial charge in [0.2, 0.25) is 5.91 Å². The van der Waals surface area contributed by atoms with Gasteiger partial charge in [-0.05, 0) is 51.3 Å². The first-order valence-corrected chi connectivity index (χ1v) is 9.94. The zero-order chi connectivity index (χ0) is 19.2. The molecule has 0 aromatic heterocycles. The van der Waals surface area contributed by atoms with Gasteiger partial charge in [0.1, 0.15) is 6.54 Å². The lowest BCUT2D eigenvalue weighted by Crippen LogP contribution is -2.68. The molecule has 2 N–H and O–H groups in total. The fourth-order valence-electron chi connectivity index (χ4n) is 5.27. The molecule has 1 aromatic carbocycles. The number of primary amides is 1. The molecule has 4 rings (SSSR count). The van der Waals surface area contributed by atoms with E-state index in [1.165, 1.54) is 24.8 Å². The van der Waals surface area contributed by atoms with Crippen molar-refractivity contribution in [1.29, 1.82) is 0 Å². The lowest BCUT2D eigenvalue weighted by Gasteiger charge is -2.61. The minimum absolute atomic E-state index is 0.0129. The van der Waals surface area contributed by atoms with E-state index in [0.29, 0.717) is 12.5 Å². The van der Waals surface area contributed by atoms with Gasteiger partial charge in [-0.15, -0.1) is 0 Å². The second-order valence-electron chi connectivity index (χ2n) is 8.88. The molecule has 1 heterocycles. The van der Waals surface area contributed by atoms with Crippen LogP contribution in [0.25, 0.3) is 0 Å². The maximum atomic E-state index is 13.1. The summed E-state index contributed by atoms with van der Waals surface area (Å²) < 4.78 is 0. The van der Waals surface area contributed by atoms with Crippen molar-refractivity contribution in [2.24, 2.45) is 11.7 Å². The van der Waals surface area contributed by atoms with Crippen LogP contribution in [0.1, 0.15) is 37.7 Å². The average molecular weight is 370 g/mol. The first kappa shape index (κ1) is 18.3. The van der Waals surface area contributed by atoms with Crippen LogP contribution in [0, 0.1) is 5.92 Å². The highest BCUT2D eigenvalue weighted by molar-refractivity contribution is 5.85. The third kappa shape index (κ3) is 2.90. The fourth-order valence-corrected chi connectivity index (χ4v) is 5.27. The van der Waals surface area contributed by atoms with Gasteiger partial charge in [-0.1, -0.05) is 36.8 Å². The molecule has 0 unspecified atom stereocenters. The number of urea groups is 1. The number of benzene rings is 1. The molecule has 6 heteroatoms. The number of nitrogens with two attached hydrogens (primary N) is 1. The molecule has 3 fully saturated rings. The van der Waals surface area contributed by atoms with Gasteiger partial charge < -0.3 is 15.5 Å². The van der Waals surface area contributed by atoms with E-state index in [2.05, 4.69) is 48.2 Å². The summed E-state index contributed by atoms with van der Waals surface area (Å²) in [6.07, 6.45) is 5.45. The van der Waals surface area contributed by atoms with Crippen molar-refractivity contribution in [3.8, 4) is 0 Å². The van der Waals surface area contributed by atoms with E-state index >= 15 is 0 Å². The van der Waals surface area contributed by atoms with Gasteiger partial charge in [-0.25, -0.2) is 4.79 Å². The van der Waals surface area contributed by atoms with E-state index < -0.39 is 5.91 Å². The van der Waals surface area contributed by atoms with Gasteiger partial charge in [0.25, 0.3) is 0 Å². The Kier molecular flexibility index (Phi) is 4.41. The number of nitrogens with zero attached hydrogens (tertiary/aromatic N) is 3. The predicted octanol–water partition coefficient (Wildman–Crippen LogP) is 2.00. The van der Waals surface area contributed by atoms with E-state index in [0.717, 1.165) is 19.4 Å². The molecule has 0 radical (unpaired) electrons. The van der Waals surface area contributed by atoms with E-state index in [-0.39, 0.29) is 23.7 Å². The molecular formula is C21H30N4O2. The van der Waals surface area contributed by atoms with Crippen LogP contribution in [0.4, 0.5) is 4.79 Å². The van der Waals surface area contributed by atoms with Crippen molar-refractivity contribution in [3.05, 3.63) is 35.9 Å². The molecule has 1 aliphatic heterocycles. The molecule has 2 saturated carbocycles. The Bertz CT molecular complexity index is 723. The highest BCUT2D eigenvalue weighted by Gasteiger charge is 2.64. The molecule has 2 aliphatic carbocycles. The van der Waals surface area contributed by atoms with Crippen molar-refractivity contribution in [1.82, 2.24) is 14.7 Å². The Morgan fingerprint density at radius 2 is 1.89 bits per heavy atom. The summed E-state index contributed by atoms with van der Waals surface area (Å²) in [5.74, 6) is 0.163. The molecule has 0 atom stereocenters. The monoisotopic (exact) mass is 370 g/mol. The maximum absolute atomic E-state index is 13.1. The molecule has 146 valence electrons. The van der Waals surface area contributed by atoms with Gasteiger partial charge in [0, 0.05) is 13.1 Å². The third-order valence-electron chi connectivity index (χ3n) is 6.98. The summed E-state index contributed by atoms with van der Waals surface area (Å²) >= 11 is 0. The zero-order valence-electron chi connectivity index (χ0n) is 16.4. The number of carbonyl (C=O) groups is 2. The van der Waals surface area contributed by atoms with E-state index in [1.807, 2.05) is 6.07 Å². The van der Waals surface area contributed by atoms with Crippen molar-refractivity contribution in [3.63, 3.8) is 0 Å². The summed E-state index contributed by atoms with van der Waals surface area (Å²) in [6, 6.07) is 10.6. The lowest BCUT2D eigenvalue weighted by atomic mass is 9.58. The molecule has 1 saturated heterocycles. The SMILES string of the molecule is CN(C)[C@]1(c2ccccc2)C[C@]2(CN(CC(N)=O)C(=O)N2CC2CCC2)C1. The average Bonchev–Trinajstić information content (AvgIpc) is 2.81. The van der Waals surface area contributed by atoms with Crippen LogP contribution in [0.3, 0.4) is 0 Å². The number of hydrogen-bond acceptors (Lipinski definition) is 3. The largest absolute Gasteiger partial charge is 0.368 e. The second-order valence-corrected chi connectivity index (χ2v) is 8.88. The summed E-state index contributed by atoms with van der Waals surface area (Å²) in [5, 5.41) is 0. The summed E-state index contributed by atoms with van der Waals surface area (Å²) in [6.45, 7) is 1.43. The third-order valence-corrected chi connectivity index (χ3v) is 6.98. The Balaban J connectivity index is 1.61. The standard InChI is InChI=1S/C21H30N4O2/c1-23(2)21(17-9-4-3-5-10-17)13-20(14-21)15-24(12-18(22)26)19(27)25(20)11-16-7-6-8-16/h3-5,9-10,16H,6-8,11-15H2,1-2H3,(H2,22,26)/t20-,21-. The Morgan fingerprint density at radius 1 is 1.22 bits per heavy atom. The first-order chi connectivity index (χ1) is 12.9. The first-order valence-electron chi connectivity index (χ1n) is 9.94. The van der Waals surface area contributed by atoms with Gasteiger partial charge in [-0.2, -0.15) is 0 Å². The van der Waals surface area contributed by atoms with Crippen LogP contribution in [-0.4, -0.2) is 65.9 Å². The fraction of sp³-hybridized carbons (Fsp3) is 0.619. The van der Waals surface area contributed by atoms with Crippen LogP contribution in [0.5, 0.6) is 0 Å². The van der Waals surface area contributed by atoms with Gasteiger partial charge in [0.15, 0.2) is 0 Å². The Labute approximate surface area is 161 Å². The Morgan fingerprint density at radius 3 is 2.41 bits per heavy atom. The summed E-state index contributed by atoms with van der Waals surface area (Å²) in [7, 11) is 4.24. The molecule has 27 heavy (non-hydrogen) atoms. The number of carbonyl (C=O) groups excluding carboxylic acids is 2. The molecule has 3 aliphatic rings. The van der Waals surface area contributed by atoms with Crippen molar-refractivity contribution < 1.29 is 9.59 Å². The Hall–Kier alpha value is -2.08. The zero-order valence-corrected chi connectivity index (χ0v) is 16.4. The van der Waals surface area contributed by atoms with Crippen molar-refractivity contribution >= 4 is 11.9 Å². The molecule has 1 aromatic rings. The molecule has 1 spiro atoms. The smallest absolute Gasteiger partial charge is 0.321 e. The van der Waals surface area contributed by atoms with Crippen molar-refractivity contribution in [2.45, 2.75) is 43.2 Å². The number of hydrogen-bond donors (Lipinski definition) is 1. The van der Waals surface area contributed by atoms with Gasteiger partial charge >= 0.3 is 6.03 Å². The maximum Gasteiger partial charge on any atom is 0.321 e. The molecule has 0 bridgehead atoms. The predicted molar refractivity (Wildman–Crippen MR) is 104 cm³/mol. The van der Waals surface area contributed by atoms with Crippen LogP contribution >= 0.6 is 0 Å². The topological polar surface area (TPSA) is 69.9 Å². The number of rotatable bonds is 6. The van der Waals surface area contributed by atoms with Crippen LogP contribution in [-0.2, 0) is 10.3 Å². The quantitative estimate of drug-likeness (QED) is 0.833. The highest BCUT2D eigenvalue weighted by Crippen LogP contribution is 2.57. The highest BCUT2D eigenvalue weighted by atomic mass is 16.2. The van der Waals surface area contributed by atoms with E-state index in [9.17, 15) is 9.59 Å². The molecule has 6 nitrogen and oxygen atoms in total.